The molecule has 22 heavy (non-hydrogen) atoms. The minimum Gasteiger partial charge on any atom is -0.493 e. The van der Waals surface area contributed by atoms with Gasteiger partial charge in [0.2, 0.25) is 0 Å². The number of rotatable bonds is 13. The normalized spacial score (nSPS) is 11.1. The van der Waals surface area contributed by atoms with Gasteiger partial charge in [0, 0.05) is 5.56 Å². The molecular weight excluding hydrogens is 274 g/mol. The largest absolute Gasteiger partial charge is 0.493 e. The van der Waals surface area contributed by atoms with Gasteiger partial charge in [-0.1, -0.05) is 82.0 Å². The van der Waals surface area contributed by atoms with E-state index in [1.807, 2.05) is 24.3 Å². The van der Waals surface area contributed by atoms with Gasteiger partial charge in [-0.2, -0.15) is 0 Å². The monoisotopic (exact) mass is 305 g/mol. The van der Waals surface area contributed by atoms with Crippen LogP contribution in [-0.4, -0.2) is 18.0 Å². The highest BCUT2D eigenvalue weighted by Crippen LogP contribution is 2.17. The standard InChI is InChI=1S/C19H31NO2/c1-2-3-4-5-6-7-8-9-10-13-16-22-19-15-12-11-14-18(19)17-20-21/h11-12,14-15,17,21H,2-10,13,16H2,1H3. The molecule has 3 nitrogen and oxygen atoms in total. The quantitative estimate of drug-likeness (QED) is 0.217. The van der Waals surface area contributed by atoms with Gasteiger partial charge in [0.05, 0.1) is 12.8 Å². The Labute approximate surface area is 135 Å². The molecular formula is C19H31NO2. The van der Waals surface area contributed by atoms with Gasteiger partial charge in [0.25, 0.3) is 0 Å². The van der Waals surface area contributed by atoms with Crippen LogP contribution in [0.1, 0.15) is 76.7 Å². The lowest BCUT2D eigenvalue weighted by Gasteiger charge is -2.08. The van der Waals surface area contributed by atoms with Gasteiger partial charge >= 0.3 is 0 Å². The fourth-order valence-corrected chi connectivity index (χ4v) is 2.55. The summed E-state index contributed by atoms with van der Waals surface area (Å²) < 4.78 is 5.76. The minimum atomic E-state index is 0.729. The van der Waals surface area contributed by atoms with Gasteiger partial charge in [-0.15, -0.1) is 0 Å². The van der Waals surface area contributed by atoms with Gasteiger partial charge < -0.3 is 9.94 Å². The van der Waals surface area contributed by atoms with Crippen LogP contribution in [0.2, 0.25) is 0 Å². The van der Waals surface area contributed by atoms with Gasteiger partial charge in [-0.25, -0.2) is 0 Å². The second-order valence-electron chi connectivity index (χ2n) is 5.81. The first-order chi connectivity index (χ1) is 10.9. The smallest absolute Gasteiger partial charge is 0.128 e. The van der Waals surface area contributed by atoms with E-state index < -0.39 is 0 Å². The Hall–Kier alpha value is -1.51. The van der Waals surface area contributed by atoms with Crippen LogP contribution >= 0.6 is 0 Å². The molecule has 0 aromatic heterocycles. The van der Waals surface area contributed by atoms with Crippen molar-refractivity contribution in [3.05, 3.63) is 29.8 Å². The molecule has 0 bridgehead atoms. The van der Waals surface area contributed by atoms with E-state index in [-0.39, 0.29) is 0 Å². The molecule has 0 spiro atoms. The SMILES string of the molecule is CCCCCCCCCCCCOc1ccccc1C=NO. The zero-order valence-corrected chi connectivity index (χ0v) is 14.0. The number of nitrogens with zero attached hydrogens (tertiary/aromatic N) is 1. The summed E-state index contributed by atoms with van der Waals surface area (Å²) in [6.07, 6.45) is 14.7. The zero-order valence-electron chi connectivity index (χ0n) is 14.0. The van der Waals surface area contributed by atoms with Crippen LogP contribution in [-0.2, 0) is 0 Å². The Kier molecular flexibility index (Phi) is 11.1. The lowest BCUT2D eigenvalue weighted by Crippen LogP contribution is -2.00. The molecule has 0 unspecified atom stereocenters. The van der Waals surface area contributed by atoms with E-state index in [0.29, 0.717) is 0 Å². The molecule has 0 heterocycles. The third kappa shape index (κ3) is 8.71. The van der Waals surface area contributed by atoms with Crippen LogP contribution in [0.5, 0.6) is 5.75 Å². The fourth-order valence-electron chi connectivity index (χ4n) is 2.55. The van der Waals surface area contributed by atoms with Gasteiger partial charge in [-0.3, -0.25) is 0 Å². The number of para-hydroxylation sites is 1. The summed E-state index contributed by atoms with van der Waals surface area (Å²) in [7, 11) is 0. The predicted octanol–water partition coefficient (Wildman–Crippen LogP) is 5.79. The Balaban J connectivity index is 2.00. The molecule has 1 rings (SSSR count). The Bertz CT molecular complexity index is 404. The fraction of sp³-hybridized carbons (Fsp3) is 0.632. The minimum absolute atomic E-state index is 0.729. The third-order valence-corrected chi connectivity index (χ3v) is 3.87. The van der Waals surface area contributed by atoms with E-state index >= 15 is 0 Å². The molecule has 0 radical (unpaired) electrons. The number of unbranched alkanes of at least 4 members (excludes halogenated alkanes) is 9. The van der Waals surface area contributed by atoms with Crippen LogP contribution in [0.25, 0.3) is 0 Å². The van der Waals surface area contributed by atoms with Gasteiger partial charge in [0.15, 0.2) is 0 Å². The number of hydrogen-bond acceptors (Lipinski definition) is 3. The van der Waals surface area contributed by atoms with E-state index in [1.165, 1.54) is 64.0 Å². The van der Waals surface area contributed by atoms with Crippen LogP contribution in [0.3, 0.4) is 0 Å². The van der Waals surface area contributed by atoms with Crippen LogP contribution in [0, 0.1) is 0 Å². The predicted molar refractivity (Wildman–Crippen MR) is 93.2 cm³/mol. The summed E-state index contributed by atoms with van der Waals surface area (Å²) in [5.41, 5.74) is 0.817. The Morgan fingerprint density at radius 1 is 0.909 bits per heavy atom. The summed E-state index contributed by atoms with van der Waals surface area (Å²) in [4.78, 5) is 0. The zero-order chi connectivity index (χ0) is 15.9. The second kappa shape index (κ2) is 13.2. The van der Waals surface area contributed by atoms with Crippen LogP contribution in [0.15, 0.2) is 29.4 Å². The summed E-state index contributed by atoms with van der Waals surface area (Å²) in [6, 6.07) is 7.63. The topological polar surface area (TPSA) is 41.8 Å². The molecule has 1 N–H and O–H groups in total. The van der Waals surface area contributed by atoms with Crippen molar-refractivity contribution in [1.29, 1.82) is 0 Å². The first-order valence-corrected chi connectivity index (χ1v) is 8.77. The maximum atomic E-state index is 8.62. The van der Waals surface area contributed by atoms with Crippen molar-refractivity contribution in [2.45, 2.75) is 71.1 Å². The summed E-state index contributed by atoms with van der Waals surface area (Å²) in [5.74, 6) is 0.788. The van der Waals surface area contributed by atoms with Crippen molar-refractivity contribution in [1.82, 2.24) is 0 Å². The van der Waals surface area contributed by atoms with Crippen LogP contribution in [0.4, 0.5) is 0 Å². The van der Waals surface area contributed by atoms with E-state index in [9.17, 15) is 0 Å². The maximum absolute atomic E-state index is 8.62. The average Bonchev–Trinajstić information content (AvgIpc) is 2.54. The van der Waals surface area contributed by atoms with E-state index in [2.05, 4.69) is 12.1 Å². The Morgan fingerprint density at radius 3 is 2.14 bits per heavy atom. The van der Waals surface area contributed by atoms with Gasteiger partial charge in [-0.05, 0) is 18.6 Å². The molecule has 1 aromatic rings. The summed E-state index contributed by atoms with van der Waals surface area (Å²) in [5, 5.41) is 11.7. The molecule has 0 saturated carbocycles. The van der Waals surface area contributed by atoms with Gasteiger partial charge in [0.1, 0.15) is 5.75 Å². The summed E-state index contributed by atoms with van der Waals surface area (Å²) >= 11 is 0. The van der Waals surface area contributed by atoms with Crippen molar-refractivity contribution >= 4 is 6.21 Å². The van der Waals surface area contributed by atoms with E-state index in [1.54, 1.807) is 0 Å². The van der Waals surface area contributed by atoms with Crippen molar-refractivity contribution in [3.63, 3.8) is 0 Å². The molecule has 0 saturated heterocycles. The van der Waals surface area contributed by atoms with E-state index in [4.69, 9.17) is 9.94 Å². The molecule has 0 aliphatic carbocycles. The molecule has 0 amide bonds. The molecule has 1 aromatic carbocycles. The van der Waals surface area contributed by atoms with Crippen molar-refractivity contribution < 1.29 is 9.94 Å². The number of oxime groups is 1. The maximum Gasteiger partial charge on any atom is 0.128 e. The average molecular weight is 305 g/mol. The number of benzene rings is 1. The molecule has 0 aliphatic heterocycles. The highest BCUT2D eigenvalue weighted by atomic mass is 16.5. The van der Waals surface area contributed by atoms with Crippen LogP contribution < -0.4 is 4.74 Å². The third-order valence-electron chi connectivity index (χ3n) is 3.87. The summed E-state index contributed by atoms with van der Waals surface area (Å²) in [6.45, 7) is 2.99. The first-order valence-electron chi connectivity index (χ1n) is 8.77. The molecule has 0 atom stereocenters. The molecule has 0 fully saturated rings. The first kappa shape index (κ1) is 18.5. The molecule has 3 heteroatoms. The number of hydrogen-bond donors (Lipinski definition) is 1. The van der Waals surface area contributed by atoms with E-state index in [0.717, 1.165) is 24.3 Å². The Morgan fingerprint density at radius 2 is 1.50 bits per heavy atom. The molecule has 124 valence electrons. The molecule has 0 aliphatic rings. The highest BCUT2D eigenvalue weighted by molar-refractivity contribution is 5.82. The van der Waals surface area contributed by atoms with Crippen molar-refractivity contribution in [3.8, 4) is 5.75 Å². The number of ether oxygens (including phenoxy) is 1. The lowest BCUT2D eigenvalue weighted by molar-refractivity contribution is 0.302. The lowest BCUT2D eigenvalue weighted by atomic mass is 10.1. The second-order valence-corrected chi connectivity index (χ2v) is 5.81. The van der Waals surface area contributed by atoms with Crippen molar-refractivity contribution in [2.75, 3.05) is 6.61 Å². The highest BCUT2D eigenvalue weighted by Gasteiger charge is 2.00. The van der Waals surface area contributed by atoms with Crippen molar-refractivity contribution in [2.24, 2.45) is 5.16 Å².